The Morgan fingerprint density at radius 3 is 2.18 bits per heavy atom. The van der Waals surface area contributed by atoms with Crippen LogP contribution in [0.5, 0.6) is 5.75 Å². The largest absolute Gasteiger partial charge is 0.508 e. The molecule has 1 N–H and O–H groups in total. The van der Waals surface area contributed by atoms with Crippen LogP contribution in [0.3, 0.4) is 0 Å². The van der Waals surface area contributed by atoms with Gasteiger partial charge in [0.2, 0.25) is 0 Å². The molecule has 1 aromatic carbocycles. The van der Waals surface area contributed by atoms with E-state index in [0.717, 1.165) is 5.92 Å². The Morgan fingerprint density at radius 1 is 1.18 bits per heavy atom. The zero-order chi connectivity index (χ0) is 7.47. The second-order valence-corrected chi connectivity index (χ2v) is 3.81. The lowest BCUT2D eigenvalue weighted by atomic mass is 10.0. The van der Waals surface area contributed by atoms with Gasteiger partial charge in [-0.1, -0.05) is 12.1 Å². The number of phenols is 1. The zero-order valence-corrected chi connectivity index (χ0v) is 6.25. The molecule has 3 rings (SSSR count). The molecule has 0 aromatic heterocycles. The summed E-state index contributed by atoms with van der Waals surface area (Å²) in [4.78, 5) is 0. The van der Waals surface area contributed by atoms with E-state index in [1.54, 1.807) is 12.1 Å². The minimum Gasteiger partial charge on any atom is -0.508 e. The first-order valence-corrected chi connectivity index (χ1v) is 4.11. The van der Waals surface area contributed by atoms with E-state index in [0.29, 0.717) is 11.2 Å². The van der Waals surface area contributed by atoms with Crippen LogP contribution in [-0.2, 0) is 5.41 Å². The molecular formula is C10H10O. The van der Waals surface area contributed by atoms with Gasteiger partial charge in [0.15, 0.2) is 0 Å². The van der Waals surface area contributed by atoms with Gasteiger partial charge in [0.1, 0.15) is 5.75 Å². The first-order valence-electron chi connectivity index (χ1n) is 4.11. The third kappa shape index (κ3) is 0.609. The molecule has 11 heavy (non-hydrogen) atoms. The molecule has 2 aliphatic carbocycles. The van der Waals surface area contributed by atoms with Gasteiger partial charge >= 0.3 is 0 Å². The number of rotatable bonds is 1. The molecule has 2 saturated carbocycles. The van der Waals surface area contributed by atoms with Crippen molar-refractivity contribution in [1.29, 1.82) is 0 Å². The summed E-state index contributed by atoms with van der Waals surface area (Å²) >= 11 is 0. The van der Waals surface area contributed by atoms with Crippen molar-refractivity contribution in [3.63, 3.8) is 0 Å². The van der Waals surface area contributed by atoms with Crippen molar-refractivity contribution in [2.24, 2.45) is 5.92 Å². The predicted molar refractivity (Wildman–Crippen MR) is 42.5 cm³/mol. The van der Waals surface area contributed by atoms with Gasteiger partial charge in [0.25, 0.3) is 0 Å². The third-order valence-corrected chi connectivity index (χ3v) is 3.12. The minimum absolute atomic E-state index is 0.378. The van der Waals surface area contributed by atoms with Crippen molar-refractivity contribution in [1.82, 2.24) is 0 Å². The molecule has 1 heteroatoms. The highest BCUT2D eigenvalue weighted by Crippen LogP contribution is 2.75. The Kier molecular flexibility index (Phi) is 0.743. The predicted octanol–water partition coefficient (Wildman–Crippen LogP) is 2.05. The van der Waals surface area contributed by atoms with Crippen LogP contribution in [0.15, 0.2) is 24.3 Å². The Morgan fingerprint density at radius 2 is 1.73 bits per heavy atom. The summed E-state index contributed by atoms with van der Waals surface area (Å²) < 4.78 is 0. The highest BCUT2D eigenvalue weighted by molar-refractivity contribution is 5.44. The normalized spacial score (nSPS) is 38.0. The monoisotopic (exact) mass is 146 g/mol. The molecule has 2 aliphatic rings. The van der Waals surface area contributed by atoms with Gasteiger partial charge in [-0.15, -0.1) is 0 Å². The quantitative estimate of drug-likeness (QED) is 0.643. The first kappa shape index (κ1) is 5.64. The molecule has 0 heterocycles. The number of aromatic hydroxyl groups is 1. The number of phenolic OH excluding ortho intramolecular Hbond substituents is 1. The molecule has 56 valence electrons. The molecule has 0 amide bonds. The molecule has 1 nitrogen and oxygen atoms in total. The summed E-state index contributed by atoms with van der Waals surface area (Å²) in [5.41, 5.74) is 2.02. The lowest BCUT2D eigenvalue weighted by molar-refractivity contribution is 0.475. The fourth-order valence-electron chi connectivity index (χ4n) is 1.97. The van der Waals surface area contributed by atoms with Crippen molar-refractivity contribution < 1.29 is 5.11 Å². The summed E-state index contributed by atoms with van der Waals surface area (Å²) in [6, 6.07) is 7.69. The van der Waals surface area contributed by atoms with E-state index in [1.807, 2.05) is 0 Å². The molecule has 0 radical (unpaired) electrons. The first-order chi connectivity index (χ1) is 5.31. The smallest absolute Gasteiger partial charge is 0.115 e. The SMILES string of the molecule is Oc1ccc(C23CC2C3)cc1. The Labute approximate surface area is 65.7 Å². The van der Waals surface area contributed by atoms with Gasteiger partial charge in [-0.05, 0) is 41.9 Å². The Balaban J connectivity index is 2.02. The van der Waals surface area contributed by atoms with Crippen LogP contribution in [0.2, 0.25) is 0 Å². The van der Waals surface area contributed by atoms with Crippen molar-refractivity contribution in [3.8, 4) is 5.75 Å². The molecular weight excluding hydrogens is 136 g/mol. The minimum atomic E-state index is 0.378. The molecule has 0 saturated heterocycles. The highest BCUT2D eigenvalue weighted by Gasteiger charge is 2.70. The second kappa shape index (κ2) is 1.45. The van der Waals surface area contributed by atoms with E-state index in [-0.39, 0.29) is 0 Å². The highest BCUT2D eigenvalue weighted by atomic mass is 16.3. The van der Waals surface area contributed by atoms with Crippen LogP contribution in [-0.4, -0.2) is 5.11 Å². The van der Waals surface area contributed by atoms with Crippen LogP contribution in [0.25, 0.3) is 0 Å². The topological polar surface area (TPSA) is 20.2 Å². The summed E-state index contributed by atoms with van der Waals surface area (Å²) in [5.74, 6) is 1.37. The molecule has 0 aliphatic heterocycles. The van der Waals surface area contributed by atoms with Gasteiger partial charge in [0, 0.05) is 0 Å². The summed E-state index contributed by atoms with van der Waals surface area (Å²) in [5, 5.41) is 9.06. The van der Waals surface area contributed by atoms with Crippen LogP contribution in [0.4, 0.5) is 0 Å². The number of fused-ring (bicyclic) bond motifs is 1. The molecule has 0 atom stereocenters. The summed E-state index contributed by atoms with van der Waals surface area (Å²) in [6.45, 7) is 0. The average molecular weight is 146 g/mol. The van der Waals surface area contributed by atoms with E-state index in [2.05, 4.69) is 12.1 Å². The molecule has 0 unspecified atom stereocenters. The van der Waals surface area contributed by atoms with Gasteiger partial charge < -0.3 is 5.11 Å². The van der Waals surface area contributed by atoms with Crippen LogP contribution < -0.4 is 0 Å². The van der Waals surface area contributed by atoms with Crippen molar-refractivity contribution in [2.75, 3.05) is 0 Å². The summed E-state index contributed by atoms with van der Waals surface area (Å²) in [7, 11) is 0. The Bertz CT molecular complexity index is 293. The van der Waals surface area contributed by atoms with Gasteiger partial charge in [-0.2, -0.15) is 0 Å². The van der Waals surface area contributed by atoms with E-state index in [9.17, 15) is 0 Å². The maximum Gasteiger partial charge on any atom is 0.115 e. The second-order valence-electron chi connectivity index (χ2n) is 3.81. The standard InChI is InChI=1S/C10H10O/c11-9-3-1-7(2-4-9)10-5-8(10)6-10/h1-4,8,11H,5-6H2. The van der Waals surface area contributed by atoms with E-state index in [4.69, 9.17) is 5.11 Å². The van der Waals surface area contributed by atoms with E-state index >= 15 is 0 Å². The molecule has 0 spiro atoms. The lowest BCUT2D eigenvalue weighted by Crippen LogP contribution is -1.91. The van der Waals surface area contributed by atoms with Crippen molar-refractivity contribution >= 4 is 0 Å². The Hall–Kier alpha value is -0.980. The zero-order valence-electron chi connectivity index (χ0n) is 6.25. The number of hydrogen-bond donors (Lipinski definition) is 1. The van der Waals surface area contributed by atoms with Gasteiger partial charge in [0.05, 0.1) is 0 Å². The van der Waals surface area contributed by atoms with E-state index < -0.39 is 0 Å². The van der Waals surface area contributed by atoms with Crippen LogP contribution in [0, 0.1) is 5.92 Å². The van der Waals surface area contributed by atoms with Crippen LogP contribution >= 0.6 is 0 Å². The maximum absolute atomic E-state index is 9.06. The summed E-state index contributed by atoms with van der Waals surface area (Å²) in [6.07, 6.45) is 2.77. The molecule has 2 fully saturated rings. The van der Waals surface area contributed by atoms with Crippen LogP contribution in [0.1, 0.15) is 18.4 Å². The maximum atomic E-state index is 9.06. The fourth-order valence-corrected chi connectivity index (χ4v) is 1.97. The fraction of sp³-hybridized carbons (Fsp3) is 0.400. The number of benzene rings is 1. The average Bonchev–Trinajstić information content (AvgIpc) is 2.75. The molecule has 0 bridgehead atoms. The lowest BCUT2D eigenvalue weighted by Gasteiger charge is -2.02. The number of hydrogen-bond acceptors (Lipinski definition) is 1. The van der Waals surface area contributed by atoms with E-state index in [1.165, 1.54) is 18.4 Å². The van der Waals surface area contributed by atoms with Crippen molar-refractivity contribution in [2.45, 2.75) is 18.3 Å². The van der Waals surface area contributed by atoms with Gasteiger partial charge in [-0.3, -0.25) is 0 Å². The van der Waals surface area contributed by atoms with Gasteiger partial charge in [-0.25, -0.2) is 0 Å². The third-order valence-electron chi connectivity index (χ3n) is 3.12. The molecule has 1 aromatic rings. The van der Waals surface area contributed by atoms with Crippen molar-refractivity contribution in [3.05, 3.63) is 29.8 Å².